The summed E-state index contributed by atoms with van der Waals surface area (Å²) < 4.78 is 5.35. The number of esters is 1. The van der Waals surface area contributed by atoms with Crippen LogP contribution < -0.4 is 5.32 Å². The Hall–Kier alpha value is -1.84. The molecular weight excluding hydrogens is 242 g/mol. The number of benzene rings is 1. The molecule has 0 spiro atoms. The van der Waals surface area contributed by atoms with Crippen LogP contribution in [0.3, 0.4) is 0 Å². The van der Waals surface area contributed by atoms with Gasteiger partial charge in [-0.3, -0.25) is 9.59 Å². The van der Waals surface area contributed by atoms with Gasteiger partial charge >= 0.3 is 5.97 Å². The van der Waals surface area contributed by atoms with Gasteiger partial charge in [0.1, 0.15) is 6.10 Å². The lowest BCUT2D eigenvalue weighted by atomic mass is 9.79. The second-order valence-corrected chi connectivity index (χ2v) is 5.78. The number of fused-ring (bicyclic) bond motifs is 1. The van der Waals surface area contributed by atoms with Crippen LogP contribution in [0, 0.1) is 23.7 Å². The first-order chi connectivity index (χ1) is 9.24. The van der Waals surface area contributed by atoms with Crippen LogP contribution in [0.4, 0.5) is 5.69 Å². The van der Waals surface area contributed by atoms with Crippen molar-refractivity contribution in [2.24, 2.45) is 23.7 Å². The second-order valence-electron chi connectivity index (χ2n) is 5.78. The highest BCUT2D eigenvalue weighted by Crippen LogP contribution is 2.57. The second kappa shape index (κ2) is 3.83. The number of carbonyl (C=O) groups is 2. The first kappa shape index (κ1) is 11.0. The van der Waals surface area contributed by atoms with Gasteiger partial charge in [-0.2, -0.15) is 0 Å². The summed E-state index contributed by atoms with van der Waals surface area (Å²) in [4.78, 5) is 24.3. The van der Waals surface area contributed by atoms with Crippen molar-refractivity contribution >= 4 is 17.6 Å². The van der Waals surface area contributed by atoms with Crippen molar-refractivity contribution in [3.8, 4) is 0 Å². The fourth-order valence-electron chi connectivity index (χ4n) is 4.11. The molecule has 0 unspecified atom stereocenters. The van der Waals surface area contributed by atoms with Crippen molar-refractivity contribution < 1.29 is 14.3 Å². The first-order valence-corrected chi connectivity index (χ1v) is 6.80. The maximum Gasteiger partial charge on any atom is 0.310 e. The molecule has 4 rings (SSSR count). The Bertz CT molecular complexity index is 540. The molecule has 98 valence electrons. The maximum atomic E-state index is 12.4. The normalized spacial score (nSPS) is 38.3. The third-order valence-electron chi connectivity index (χ3n) is 4.83. The van der Waals surface area contributed by atoms with Crippen LogP contribution in [-0.2, 0) is 14.3 Å². The van der Waals surface area contributed by atoms with E-state index in [4.69, 9.17) is 4.74 Å². The van der Waals surface area contributed by atoms with E-state index in [0.717, 1.165) is 18.5 Å². The predicted molar refractivity (Wildman–Crippen MR) is 68.1 cm³/mol. The van der Waals surface area contributed by atoms with E-state index in [1.807, 2.05) is 30.3 Å². The van der Waals surface area contributed by atoms with E-state index in [1.165, 1.54) is 0 Å². The molecular formula is C15H15NO3. The third kappa shape index (κ3) is 1.52. The van der Waals surface area contributed by atoms with Gasteiger partial charge in [0.25, 0.3) is 0 Å². The van der Waals surface area contributed by atoms with Crippen LogP contribution in [0.2, 0.25) is 0 Å². The Labute approximate surface area is 111 Å². The lowest BCUT2D eigenvalue weighted by Gasteiger charge is -2.23. The summed E-state index contributed by atoms with van der Waals surface area (Å²) >= 11 is 0. The van der Waals surface area contributed by atoms with Crippen LogP contribution in [0.15, 0.2) is 30.3 Å². The number of nitrogens with one attached hydrogen (secondary N) is 1. The number of para-hydroxylation sites is 1. The van der Waals surface area contributed by atoms with Gasteiger partial charge in [0.2, 0.25) is 5.91 Å². The molecule has 0 aromatic heterocycles. The van der Waals surface area contributed by atoms with E-state index in [-0.39, 0.29) is 35.7 Å². The van der Waals surface area contributed by atoms with Crippen LogP contribution in [0.1, 0.15) is 12.8 Å². The summed E-state index contributed by atoms with van der Waals surface area (Å²) in [5, 5.41) is 2.93. The van der Waals surface area contributed by atoms with Gasteiger partial charge in [0.05, 0.1) is 11.8 Å². The Morgan fingerprint density at radius 2 is 2.00 bits per heavy atom. The van der Waals surface area contributed by atoms with Crippen molar-refractivity contribution in [2.75, 3.05) is 5.32 Å². The number of amides is 1. The van der Waals surface area contributed by atoms with Crippen LogP contribution >= 0.6 is 0 Å². The van der Waals surface area contributed by atoms with Crippen LogP contribution in [-0.4, -0.2) is 18.0 Å². The summed E-state index contributed by atoms with van der Waals surface area (Å²) in [5.74, 6) is 0.00677. The fraction of sp³-hybridized carbons (Fsp3) is 0.467. The minimum absolute atomic E-state index is 0.0269. The summed E-state index contributed by atoms with van der Waals surface area (Å²) in [7, 11) is 0. The molecule has 1 aromatic rings. The lowest BCUT2D eigenvalue weighted by molar-refractivity contribution is -0.145. The third-order valence-corrected chi connectivity index (χ3v) is 4.83. The predicted octanol–water partition coefficient (Wildman–Crippen LogP) is 1.82. The number of rotatable bonds is 2. The van der Waals surface area contributed by atoms with Gasteiger partial charge < -0.3 is 10.1 Å². The fourth-order valence-corrected chi connectivity index (χ4v) is 4.11. The minimum atomic E-state index is -0.201. The smallest absolute Gasteiger partial charge is 0.310 e. The standard InChI is InChI=1S/C15H15NO3/c17-14(16-9-4-2-1-3-5-9)12-8-6-10-11(7-8)19-15(18)13(10)12/h1-5,8,10-13H,6-7H2,(H,16,17)/t8-,10-,11-,12-,13-/m0/s1. The van der Waals surface area contributed by atoms with E-state index in [1.54, 1.807) is 0 Å². The Balaban J connectivity index is 1.57. The lowest BCUT2D eigenvalue weighted by Crippen LogP contribution is -2.35. The molecule has 2 bridgehead atoms. The number of anilines is 1. The molecule has 3 fully saturated rings. The van der Waals surface area contributed by atoms with E-state index >= 15 is 0 Å². The van der Waals surface area contributed by atoms with Gasteiger partial charge in [-0.05, 0) is 30.9 Å². The molecule has 5 atom stereocenters. The van der Waals surface area contributed by atoms with Crippen molar-refractivity contribution in [3.63, 3.8) is 0 Å². The Morgan fingerprint density at radius 3 is 2.79 bits per heavy atom. The summed E-state index contributed by atoms with van der Waals surface area (Å²) in [6.07, 6.45) is 1.91. The zero-order valence-corrected chi connectivity index (χ0v) is 10.4. The van der Waals surface area contributed by atoms with Crippen molar-refractivity contribution in [1.82, 2.24) is 0 Å². The van der Waals surface area contributed by atoms with Gasteiger partial charge in [-0.1, -0.05) is 18.2 Å². The molecule has 2 saturated carbocycles. The molecule has 1 saturated heterocycles. The maximum absolute atomic E-state index is 12.4. The zero-order chi connectivity index (χ0) is 13.0. The van der Waals surface area contributed by atoms with Crippen LogP contribution in [0.5, 0.6) is 0 Å². The van der Waals surface area contributed by atoms with E-state index in [9.17, 15) is 9.59 Å². The molecule has 2 aliphatic carbocycles. The average Bonchev–Trinajstić information content (AvgIpc) is 3.00. The summed E-state index contributed by atoms with van der Waals surface area (Å²) in [6, 6.07) is 9.40. The number of ether oxygens (including phenoxy) is 1. The number of hydrogen-bond donors (Lipinski definition) is 1. The molecule has 1 heterocycles. The van der Waals surface area contributed by atoms with Gasteiger partial charge in [-0.15, -0.1) is 0 Å². The molecule has 4 nitrogen and oxygen atoms in total. The molecule has 3 aliphatic rings. The highest BCUT2D eigenvalue weighted by Gasteiger charge is 2.63. The highest BCUT2D eigenvalue weighted by molar-refractivity contribution is 5.96. The molecule has 1 amide bonds. The number of hydrogen-bond acceptors (Lipinski definition) is 3. The topological polar surface area (TPSA) is 55.4 Å². The highest BCUT2D eigenvalue weighted by atomic mass is 16.6. The van der Waals surface area contributed by atoms with Crippen molar-refractivity contribution in [3.05, 3.63) is 30.3 Å². The van der Waals surface area contributed by atoms with Crippen molar-refractivity contribution in [1.29, 1.82) is 0 Å². The first-order valence-electron chi connectivity index (χ1n) is 6.80. The summed E-state index contributed by atoms with van der Waals surface area (Å²) in [6.45, 7) is 0. The van der Waals surface area contributed by atoms with Crippen molar-refractivity contribution in [2.45, 2.75) is 18.9 Å². The molecule has 1 aliphatic heterocycles. The van der Waals surface area contributed by atoms with Crippen LogP contribution in [0.25, 0.3) is 0 Å². The molecule has 1 aromatic carbocycles. The molecule has 4 heteroatoms. The monoisotopic (exact) mass is 257 g/mol. The van der Waals surface area contributed by atoms with E-state index < -0.39 is 0 Å². The minimum Gasteiger partial charge on any atom is -0.462 e. The van der Waals surface area contributed by atoms with Gasteiger partial charge in [0.15, 0.2) is 0 Å². The molecule has 0 radical (unpaired) electrons. The summed E-state index contributed by atoms with van der Waals surface area (Å²) in [5.41, 5.74) is 0.790. The molecule has 19 heavy (non-hydrogen) atoms. The van der Waals surface area contributed by atoms with E-state index in [0.29, 0.717) is 5.92 Å². The van der Waals surface area contributed by atoms with Gasteiger partial charge in [-0.25, -0.2) is 0 Å². The van der Waals surface area contributed by atoms with Gasteiger partial charge in [0, 0.05) is 11.6 Å². The molecule has 1 N–H and O–H groups in total. The Morgan fingerprint density at radius 1 is 1.21 bits per heavy atom. The number of carbonyl (C=O) groups excluding carboxylic acids is 2. The zero-order valence-electron chi connectivity index (χ0n) is 10.4. The SMILES string of the molecule is O=C(Nc1ccccc1)[C@H]1[C@H]2C[C@@H]3[C@@H]1C(=O)O[C@H]3C2. The average molecular weight is 257 g/mol. The van der Waals surface area contributed by atoms with E-state index in [2.05, 4.69) is 5.32 Å². The largest absolute Gasteiger partial charge is 0.462 e. The Kier molecular flexibility index (Phi) is 2.22. The quantitative estimate of drug-likeness (QED) is 0.822.